The molecule has 1 amide bonds. The number of likely N-dealkylation sites (N-methyl/N-ethyl adjacent to an activating group) is 1. The quantitative estimate of drug-likeness (QED) is 0.826. The fourth-order valence-electron chi connectivity index (χ4n) is 1.76. The third-order valence-electron chi connectivity index (χ3n) is 2.68. The Balaban J connectivity index is 2.64. The summed E-state index contributed by atoms with van der Waals surface area (Å²) in [7, 11) is 1.65. The number of nitrogens with one attached hydrogen (secondary N) is 1. The minimum absolute atomic E-state index is 0.0251. The molecule has 0 saturated carbocycles. The molecular formula is C14H19N3O. The van der Waals surface area contributed by atoms with Crippen molar-refractivity contribution in [2.75, 3.05) is 20.1 Å². The summed E-state index contributed by atoms with van der Waals surface area (Å²) in [5.74, 6) is 0.0251. The first-order chi connectivity index (χ1) is 8.69. The third-order valence-corrected chi connectivity index (χ3v) is 2.68. The molecule has 1 rings (SSSR count). The summed E-state index contributed by atoms with van der Waals surface area (Å²) >= 11 is 0. The van der Waals surface area contributed by atoms with Crippen LogP contribution < -0.4 is 5.32 Å². The first-order valence-electron chi connectivity index (χ1n) is 6.11. The summed E-state index contributed by atoms with van der Waals surface area (Å²) in [6, 6.07) is 9.58. The van der Waals surface area contributed by atoms with Crippen molar-refractivity contribution in [1.29, 1.82) is 5.26 Å². The second-order valence-electron chi connectivity index (χ2n) is 4.19. The van der Waals surface area contributed by atoms with Crippen molar-refractivity contribution >= 4 is 5.91 Å². The molecular weight excluding hydrogens is 226 g/mol. The average Bonchev–Trinajstić information content (AvgIpc) is 2.39. The van der Waals surface area contributed by atoms with Gasteiger partial charge in [-0.25, -0.2) is 0 Å². The Bertz CT molecular complexity index is 420. The van der Waals surface area contributed by atoms with Crippen LogP contribution in [0.1, 0.15) is 24.5 Å². The maximum atomic E-state index is 11.4. The van der Waals surface area contributed by atoms with E-state index in [1.54, 1.807) is 19.2 Å². The molecule has 1 aromatic carbocycles. The van der Waals surface area contributed by atoms with E-state index in [0.29, 0.717) is 12.1 Å². The minimum Gasteiger partial charge on any atom is -0.358 e. The lowest BCUT2D eigenvalue weighted by atomic mass is 10.1. The Morgan fingerprint density at radius 2 is 2.06 bits per heavy atom. The number of carbonyl (C=O) groups excluding carboxylic acids is 1. The van der Waals surface area contributed by atoms with E-state index >= 15 is 0 Å². The van der Waals surface area contributed by atoms with Crippen LogP contribution in [0.25, 0.3) is 0 Å². The van der Waals surface area contributed by atoms with Crippen LogP contribution in [-0.2, 0) is 11.3 Å². The van der Waals surface area contributed by atoms with E-state index in [0.717, 1.165) is 25.1 Å². The highest BCUT2D eigenvalue weighted by molar-refractivity contribution is 5.77. The number of hydrogen-bond acceptors (Lipinski definition) is 3. The monoisotopic (exact) mass is 245 g/mol. The predicted molar refractivity (Wildman–Crippen MR) is 70.8 cm³/mol. The van der Waals surface area contributed by atoms with Gasteiger partial charge in [-0.1, -0.05) is 19.1 Å². The number of benzene rings is 1. The highest BCUT2D eigenvalue weighted by Gasteiger charge is 2.09. The molecule has 0 aliphatic rings. The van der Waals surface area contributed by atoms with Gasteiger partial charge in [0.2, 0.25) is 5.91 Å². The van der Waals surface area contributed by atoms with Crippen molar-refractivity contribution in [3.05, 3.63) is 35.4 Å². The lowest BCUT2D eigenvalue weighted by molar-refractivity contribution is -0.121. The fourth-order valence-corrected chi connectivity index (χ4v) is 1.76. The first-order valence-corrected chi connectivity index (χ1v) is 6.11. The van der Waals surface area contributed by atoms with Crippen LogP contribution in [0.3, 0.4) is 0 Å². The van der Waals surface area contributed by atoms with Crippen LogP contribution in [0.15, 0.2) is 24.3 Å². The molecule has 0 unspecified atom stereocenters. The van der Waals surface area contributed by atoms with Gasteiger partial charge in [-0.05, 0) is 30.7 Å². The summed E-state index contributed by atoms with van der Waals surface area (Å²) in [5.41, 5.74) is 1.78. The number of nitriles is 1. The van der Waals surface area contributed by atoms with Gasteiger partial charge in [-0.2, -0.15) is 5.26 Å². The van der Waals surface area contributed by atoms with Crippen LogP contribution in [0.5, 0.6) is 0 Å². The minimum atomic E-state index is 0.0251. The first kappa shape index (κ1) is 14.2. The Morgan fingerprint density at radius 3 is 2.56 bits per heavy atom. The second-order valence-corrected chi connectivity index (χ2v) is 4.19. The number of hydrogen-bond donors (Lipinski definition) is 1. The number of nitrogens with zero attached hydrogens (tertiary/aromatic N) is 2. The second kappa shape index (κ2) is 7.46. The van der Waals surface area contributed by atoms with Gasteiger partial charge >= 0.3 is 0 Å². The van der Waals surface area contributed by atoms with Crippen molar-refractivity contribution < 1.29 is 4.79 Å². The van der Waals surface area contributed by atoms with Crippen molar-refractivity contribution in [1.82, 2.24) is 10.2 Å². The van der Waals surface area contributed by atoms with Crippen LogP contribution in [-0.4, -0.2) is 30.9 Å². The van der Waals surface area contributed by atoms with Gasteiger partial charge in [-0.15, -0.1) is 0 Å². The van der Waals surface area contributed by atoms with Gasteiger partial charge in [-0.3, -0.25) is 9.69 Å². The van der Waals surface area contributed by atoms with Crippen molar-refractivity contribution in [3.8, 4) is 6.07 Å². The maximum Gasteiger partial charge on any atom is 0.233 e. The number of rotatable bonds is 6. The van der Waals surface area contributed by atoms with E-state index in [-0.39, 0.29) is 5.91 Å². The molecule has 0 fully saturated rings. The molecule has 1 N–H and O–H groups in total. The molecule has 0 saturated heterocycles. The zero-order chi connectivity index (χ0) is 13.4. The van der Waals surface area contributed by atoms with Gasteiger partial charge < -0.3 is 5.32 Å². The van der Waals surface area contributed by atoms with Crippen molar-refractivity contribution in [2.45, 2.75) is 19.9 Å². The van der Waals surface area contributed by atoms with Crippen LogP contribution >= 0.6 is 0 Å². The lowest BCUT2D eigenvalue weighted by Crippen LogP contribution is -2.35. The van der Waals surface area contributed by atoms with E-state index in [9.17, 15) is 4.79 Å². The van der Waals surface area contributed by atoms with Crippen LogP contribution in [0, 0.1) is 11.3 Å². The molecule has 0 aromatic heterocycles. The Labute approximate surface area is 108 Å². The Kier molecular flexibility index (Phi) is 5.89. The summed E-state index contributed by atoms with van der Waals surface area (Å²) in [5, 5.41) is 11.4. The van der Waals surface area contributed by atoms with Crippen molar-refractivity contribution in [2.24, 2.45) is 0 Å². The zero-order valence-electron chi connectivity index (χ0n) is 10.9. The summed E-state index contributed by atoms with van der Waals surface area (Å²) < 4.78 is 0. The van der Waals surface area contributed by atoms with E-state index in [2.05, 4.69) is 23.2 Å². The SMILES string of the molecule is CCCN(CC(=O)NC)Cc1ccc(C#N)cc1. The zero-order valence-corrected chi connectivity index (χ0v) is 10.9. The standard InChI is InChI=1S/C14H19N3O/c1-3-8-17(11-14(18)16-2)10-13-6-4-12(9-15)5-7-13/h4-7H,3,8,10-11H2,1-2H3,(H,16,18). The Hall–Kier alpha value is -1.86. The Morgan fingerprint density at radius 1 is 1.39 bits per heavy atom. The molecule has 0 heterocycles. The van der Waals surface area contributed by atoms with Gasteiger partial charge in [0.1, 0.15) is 0 Å². The highest BCUT2D eigenvalue weighted by atomic mass is 16.1. The van der Waals surface area contributed by atoms with Gasteiger partial charge in [0.25, 0.3) is 0 Å². The predicted octanol–water partition coefficient (Wildman–Crippen LogP) is 1.52. The van der Waals surface area contributed by atoms with E-state index in [1.165, 1.54) is 0 Å². The molecule has 0 radical (unpaired) electrons. The van der Waals surface area contributed by atoms with Gasteiger partial charge in [0, 0.05) is 13.6 Å². The lowest BCUT2D eigenvalue weighted by Gasteiger charge is -2.20. The average molecular weight is 245 g/mol. The number of carbonyl (C=O) groups is 1. The molecule has 0 spiro atoms. The normalized spacial score (nSPS) is 10.1. The van der Waals surface area contributed by atoms with E-state index < -0.39 is 0 Å². The molecule has 4 heteroatoms. The van der Waals surface area contributed by atoms with Crippen LogP contribution in [0.4, 0.5) is 0 Å². The summed E-state index contributed by atoms with van der Waals surface area (Å²) in [6.07, 6.45) is 1.01. The topological polar surface area (TPSA) is 56.1 Å². The van der Waals surface area contributed by atoms with Crippen LogP contribution in [0.2, 0.25) is 0 Å². The smallest absolute Gasteiger partial charge is 0.233 e. The van der Waals surface area contributed by atoms with E-state index in [1.807, 2.05) is 12.1 Å². The van der Waals surface area contributed by atoms with Gasteiger partial charge in [0.15, 0.2) is 0 Å². The molecule has 0 bridgehead atoms. The summed E-state index contributed by atoms with van der Waals surface area (Å²) in [4.78, 5) is 13.5. The third kappa shape index (κ3) is 4.56. The molecule has 96 valence electrons. The maximum absolute atomic E-state index is 11.4. The molecule has 18 heavy (non-hydrogen) atoms. The van der Waals surface area contributed by atoms with E-state index in [4.69, 9.17) is 5.26 Å². The molecule has 0 atom stereocenters. The molecule has 0 aliphatic heterocycles. The largest absolute Gasteiger partial charge is 0.358 e. The fraction of sp³-hybridized carbons (Fsp3) is 0.429. The van der Waals surface area contributed by atoms with Gasteiger partial charge in [0.05, 0.1) is 18.2 Å². The summed E-state index contributed by atoms with van der Waals surface area (Å²) in [6.45, 7) is 4.11. The van der Waals surface area contributed by atoms with Crippen molar-refractivity contribution in [3.63, 3.8) is 0 Å². The molecule has 4 nitrogen and oxygen atoms in total. The molecule has 1 aromatic rings. The molecule has 0 aliphatic carbocycles. The number of amides is 1. The highest BCUT2D eigenvalue weighted by Crippen LogP contribution is 2.07.